The number of anilines is 1. The number of hydrogen-bond donors (Lipinski definition) is 0. The van der Waals surface area contributed by atoms with Crippen LogP contribution in [0.15, 0.2) is 53.4 Å². The Kier molecular flexibility index (Phi) is 4.63. The average molecular weight is 364 g/mol. The van der Waals surface area contributed by atoms with E-state index in [-0.39, 0.29) is 5.41 Å². The number of benzene rings is 2. The second-order valence-electron chi connectivity index (χ2n) is 6.82. The van der Waals surface area contributed by atoms with Crippen molar-refractivity contribution >= 4 is 27.1 Å². The molecule has 0 radical (unpaired) electrons. The van der Waals surface area contributed by atoms with Crippen LogP contribution in [0, 0.1) is 0 Å². The van der Waals surface area contributed by atoms with Gasteiger partial charge in [0, 0.05) is 30.1 Å². The van der Waals surface area contributed by atoms with Gasteiger partial charge in [0.1, 0.15) is 0 Å². The van der Waals surface area contributed by atoms with Crippen molar-refractivity contribution in [2.24, 2.45) is 0 Å². The maximum atomic E-state index is 11.6. The molecule has 1 aliphatic rings. The molecular formula is C19H22ClNO2S. The Balaban J connectivity index is 1.71. The molecule has 0 amide bonds. The molecular weight excluding hydrogens is 342 g/mol. The SMILES string of the molecule is CC1(c2ccc(Cl)cc2)CCN(c2ccc(S(C)(=O)=O)cc2)CC1. The summed E-state index contributed by atoms with van der Waals surface area (Å²) in [5.41, 5.74) is 2.58. The smallest absolute Gasteiger partial charge is 0.175 e. The van der Waals surface area contributed by atoms with Crippen LogP contribution in [0.4, 0.5) is 5.69 Å². The highest BCUT2D eigenvalue weighted by Gasteiger charge is 2.31. The van der Waals surface area contributed by atoms with E-state index in [0.29, 0.717) is 4.90 Å². The van der Waals surface area contributed by atoms with Crippen LogP contribution >= 0.6 is 11.6 Å². The average Bonchev–Trinajstić information content (AvgIpc) is 2.55. The Morgan fingerprint density at radius 3 is 2.00 bits per heavy atom. The van der Waals surface area contributed by atoms with Crippen LogP contribution in [0.2, 0.25) is 5.02 Å². The lowest BCUT2D eigenvalue weighted by Gasteiger charge is -2.41. The van der Waals surface area contributed by atoms with Gasteiger partial charge in [-0.3, -0.25) is 0 Å². The van der Waals surface area contributed by atoms with Crippen molar-refractivity contribution in [3.05, 3.63) is 59.1 Å². The predicted molar refractivity (Wildman–Crippen MR) is 99.8 cm³/mol. The predicted octanol–water partition coefficient (Wildman–Crippen LogP) is 4.30. The number of nitrogens with zero attached hydrogens (tertiary/aromatic N) is 1. The second-order valence-corrected chi connectivity index (χ2v) is 9.27. The van der Waals surface area contributed by atoms with E-state index >= 15 is 0 Å². The van der Waals surface area contributed by atoms with Gasteiger partial charge < -0.3 is 4.90 Å². The number of hydrogen-bond acceptors (Lipinski definition) is 3. The Bertz CT molecular complexity index is 805. The second kappa shape index (κ2) is 6.41. The molecule has 3 nitrogen and oxygen atoms in total. The van der Waals surface area contributed by atoms with Crippen molar-refractivity contribution in [3.8, 4) is 0 Å². The minimum atomic E-state index is -3.14. The van der Waals surface area contributed by atoms with Crippen LogP contribution in [-0.2, 0) is 15.3 Å². The molecule has 1 heterocycles. The normalized spacial score (nSPS) is 17.7. The lowest BCUT2D eigenvalue weighted by atomic mass is 9.74. The van der Waals surface area contributed by atoms with Gasteiger partial charge in [-0.05, 0) is 60.2 Å². The van der Waals surface area contributed by atoms with Gasteiger partial charge in [0.25, 0.3) is 0 Å². The summed E-state index contributed by atoms with van der Waals surface area (Å²) in [6.45, 7) is 4.22. The minimum absolute atomic E-state index is 0.161. The maximum Gasteiger partial charge on any atom is 0.175 e. The van der Waals surface area contributed by atoms with E-state index in [2.05, 4.69) is 24.0 Å². The zero-order chi connectivity index (χ0) is 17.4. The van der Waals surface area contributed by atoms with Gasteiger partial charge >= 0.3 is 0 Å². The highest BCUT2D eigenvalue weighted by atomic mass is 35.5. The van der Waals surface area contributed by atoms with Crippen LogP contribution < -0.4 is 4.90 Å². The zero-order valence-corrected chi connectivity index (χ0v) is 15.6. The summed E-state index contributed by atoms with van der Waals surface area (Å²) >= 11 is 5.99. The Hall–Kier alpha value is -1.52. The van der Waals surface area contributed by atoms with Crippen molar-refractivity contribution < 1.29 is 8.42 Å². The van der Waals surface area contributed by atoms with Crippen LogP contribution in [0.5, 0.6) is 0 Å². The molecule has 0 aromatic heterocycles. The van der Waals surface area contributed by atoms with Crippen molar-refractivity contribution in [1.29, 1.82) is 0 Å². The molecule has 1 aliphatic heterocycles. The van der Waals surface area contributed by atoms with Crippen molar-refractivity contribution in [3.63, 3.8) is 0 Å². The summed E-state index contributed by atoms with van der Waals surface area (Å²) in [7, 11) is -3.14. The highest BCUT2D eigenvalue weighted by molar-refractivity contribution is 7.90. The topological polar surface area (TPSA) is 37.4 Å². The summed E-state index contributed by atoms with van der Waals surface area (Å²) in [4.78, 5) is 2.69. The van der Waals surface area contributed by atoms with Gasteiger partial charge in [-0.2, -0.15) is 0 Å². The molecule has 0 spiro atoms. The molecule has 0 bridgehead atoms. The van der Waals surface area contributed by atoms with E-state index < -0.39 is 9.84 Å². The van der Waals surface area contributed by atoms with Crippen molar-refractivity contribution in [2.75, 3.05) is 24.2 Å². The van der Waals surface area contributed by atoms with Crippen molar-refractivity contribution in [2.45, 2.75) is 30.1 Å². The summed E-state index contributed by atoms with van der Waals surface area (Å²) in [5.74, 6) is 0. The number of piperidine rings is 1. The lowest BCUT2D eigenvalue weighted by Crippen LogP contribution is -2.41. The molecule has 1 saturated heterocycles. The number of sulfone groups is 1. The third kappa shape index (κ3) is 3.60. The molecule has 0 atom stereocenters. The summed E-state index contributed by atoms with van der Waals surface area (Å²) < 4.78 is 23.1. The van der Waals surface area contributed by atoms with E-state index in [9.17, 15) is 8.42 Å². The van der Waals surface area contributed by atoms with E-state index in [1.807, 2.05) is 24.3 Å². The summed E-state index contributed by atoms with van der Waals surface area (Å²) in [6, 6.07) is 15.4. The van der Waals surface area contributed by atoms with Crippen LogP contribution in [0.1, 0.15) is 25.3 Å². The quantitative estimate of drug-likeness (QED) is 0.815. The van der Waals surface area contributed by atoms with Crippen molar-refractivity contribution in [1.82, 2.24) is 0 Å². The van der Waals surface area contributed by atoms with Gasteiger partial charge in [-0.25, -0.2) is 8.42 Å². The third-order valence-corrected chi connectivity index (χ3v) is 6.42. The fourth-order valence-corrected chi connectivity index (χ4v) is 4.06. The van der Waals surface area contributed by atoms with E-state index in [0.717, 1.165) is 36.6 Å². The van der Waals surface area contributed by atoms with Crippen LogP contribution in [0.25, 0.3) is 0 Å². The van der Waals surface area contributed by atoms with Gasteiger partial charge in [0.05, 0.1) is 4.90 Å². The molecule has 0 aliphatic carbocycles. The summed E-state index contributed by atoms with van der Waals surface area (Å²) in [5, 5.41) is 0.769. The molecule has 5 heteroatoms. The Morgan fingerprint density at radius 2 is 1.50 bits per heavy atom. The molecule has 0 unspecified atom stereocenters. The van der Waals surface area contributed by atoms with E-state index in [1.54, 1.807) is 12.1 Å². The Morgan fingerprint density at radius 1 is 0.958 bits per heavy atom. The number of halogens is 1. The molecule has 24 heavy (non-hydrogen) atoms. The first-order chi connectivity index (χ1) is 11.3. The van der Waals surface area contributed by atoms with Gasteiger partial charge in [0.2, 0.25) is 0 Å². The molecule has 0 N–H and O–H groups in total. The first-order valence-electron chi connectivity index (χ1n) is 8.09. The lowest BCUT2D eigenvalue weighted by molar-refractivity contribution is 0.362. The van der Waals surface area contributed by atoms with E-state index in [1.165, 1.54) is 11.8 Å². The zero-order valence-electron chi connectivity index (χ0n) is 14.0. The molecule has 2 aromatic carbocycles. The van der Waals surface area contributed by atoms with Gasteiger partial charge in [0.15, 0.2) is 9.84 Å². The molecule has 0 saturated carbocycles. The summed E-state index contributed by atoms with van der Waals surface area (Å²) in [6.07, 6.45) is 3.35. The Labute approximate surface area is 149 Å². The molecule has 3 rings (SSSR count). The van der Waals surface area contributed by atoms with E-state index in [4.69, 9.17) is 11.6 Å². The monoisotopic (exact) mass is 363 g/mol. The highest BCUT2D eigenvalue weighted by Crippen LogP contribution is 2.37. The molecule has 128 valence electrons. The first kappa shape index (κ1) is 17.3. The fraction of sp³-hybridized carbons (Fsp3) is 0.368. The van der Waals surface area contributed by atoms with Gasteiger partial charge in [-0.15, -0.1) is 0 Å². The van der Waals surface area contributed by atoms with Crippen LogP contribution in [0.3, 0.4) is 0 Å². The first-order valence-corrected chi connectivity index (χ1v) is 10.4. The molecule has 2 aromatic rings. The maximum absolute atomic E-state index is 11.6. The number of rotatable bonds is 3. The van der Waals surface area contributed by atoms with Gasteiger partial charge in [-0.1, -0.05) is 30.7 Å². The molecule has 1 fully saturated rings. The minimum Gasteiger partial charge on any atom is -0.371 e. The standard InChI is InChI=1S/C19H22ClNO2S/c1-19(15-3-5-16(20)6-4-15)11-13-21(14-12-19)17-7-9-18(10-8-17)24(2,22)23/h3-10H,11-14H2,1-2H3. The largest absolute Gasteiger partial charge is 0.371 e. The van der Waals surface area contributed by atoms with Crippen LogP contribution in [-0.4, -0.2) is 27.8 Å². The fourth-order valence-electron chi connectivity index (χ4n) is 3.30. The third-order valence-electron chi connectivity index (χ3n) is 5.04.